The van der Waals surface area contributed by atoms with Gasteiger partial charge in [-0.15, -0.1) is 0 Å². The van der Waals surface area contributed by atoms with Crippen molar-refractivity contribution in [1.29, 1.82) is 0 Å². The number of hydrogen-bond acceptors (Lipinski definition) is 3. The predicted molar refractivity (Wildman–Crippen MR) is 84.3 cm³/mol. The van der Waals surface area contributed by atoms with Gasteiger partial charge >= 0.3 is 0 Å². The lowest BCUT2D eigenvalue weighted by atomic mass is 10.0. The van der Waals surface area contributed by atoms with Crippen molar-refractivity contribution in [1.82, 2.24) is 4.90 Å². The van der Waals surface area contributed by atoms with Gasteiger partial charge in [-0.25, -0.2) is 0 Å². The van der Waals surface area contributed by atoms with Crippen LogP contribution in [-0.2, 0) is 6.54 Å². The molecule has 0 amide bonds. The van der Waals surface area contributed by atoms with Crippen LogP contribution < -0.4 is 5.73 Å². The van der Waals surface area contributed by atoms with Crippen molar-refractivity contribution in [2.45, 2.75) is 19.9 Å². The summed E-state index contributed by atoms with van der Waals surface area (Å²) < 4.78 is 0. The number of thiocarbonyl (C=S) groups is 1. The maximum Gasteiger partial charge on any atom is 0.103 e. The molecule has 0 aromatic heterocycles. The van der Waals surface area contributed by atoms with Crippen LogP contribution in [0.1, 0.15) is 23.1 Å². The van der Waals surface area contributed by atoms with Gasteiger partial charge in [0.05, 0.1) is 0 Å². The van der Waals surface area contributed by atoms with E-state index in [9.17, 15) is 0 Å². The minimum atomic E-state index is 0.482. The van der Waals surface area contributed by atoms with Gasteiger partial charge in [0.2, 0.25) is 0 Å². The quantitative estimate of drug-likeness (QED) is 0.862. The van der Waals surface area contributed by atoms with E-state index in [4.69, 9.17) is 18.0 Å². The standard InChI is InChI=1S/C14H20N2S2/c1-11-9-12(14(15)17)3-4-13(11)10-16-5-2-7-18-8-6-16/h3-4,9H,2,5-8,10H2,1H3,(H2,15,17). The van der Waals surface area contributed by atoms with Gasteiger partial charge in [-0.3, -0.25) is 4.90 Å². The molecule has 18 heavy (non-hydrogen) atoms. The van der Waals surface area contributed by atoms with Crippen LogP contribution in [0.4, 0.5) is 0 Å². The fourth-order valence-corrected chi connectivity index (χ4v) is 3.27. The molecule has 0 radical (unpaired) electrons. The van der Waals surface area contributed by atoms with E-state index >= 15 is 0 Å². The summed E-state index contributed by atoms with van der Waals surface area (Å²) in [5.41, 5.74) is 9.31. The Morgan fingerprint density at radius 1 is 1.39 bits per heavy atom. The Hall–Kier alpha value is -0.580. The first-order valence-electron chi connectivity index (χ1n) is 6.36. The second kappa shape index (κ2) is 6.55. The Kier molecular flexibility index (Phi) is 5.03. The summed E-state index contributed by atoms with van der Waals surface area (Å²) in [5.74, 6) is 2.56. The molecular weight excluding hydrogens is 260 g/mol. The minimum Gasteiger partial charge on any atom is -0.389 e. The molecule has 0 saturated carbocycles. The van der Waals surface area contributed by atoms with Crippen molar-refractivity contribution in [3.63, 3.8) is 0 Å². The Bertz CT molecular complexity index is 424. The maximum atomic E-state index is 5.66. The van der Waals surface area contributed by atoms with E-state index < -0.39 is 0 Å². The zero-order valence-corrected chi connectivity index (χ0v) is 12.4. The highest BCUT2D eigenvalue weighted by molar-refractivity contribution is 7.99. The molecule has 0 spiro atoms. The Morgan fingerprint density at radius 3 is 2.94 bits per heavy atom. The van der Waals surface area contributed by atoms with E-state index in [1.165, 1.54) is 42.1 Å². The van der Waals surface area contributed by atoms with Crippen LogP contribution in [0.3, 0.4) is 0 Å². The molecule has 0 bridgehead atoms. The van der Waals surface area contributed by atoms with Gasteiger partial charge in [0.15, 0.2) is 0 Å². The minimum absolute atomic E-state index is 0.482. The summed E-state index contributed by atoms with van der Waals surface area (Å²) in [6.07, 6.45) is 1.30. The highest BCUT2D eigenvalue weighted by Crippen LogP contribution is 2.16. The molecule has 1 fully saturated rings. The summed E-state index contributed by atoms with van der Waals surface area (Å²) in [7, 11) is 0. The number of hydrogen-bond donors (Lipinski definition) is 1. The molecule has 0 atom stereocenters. The number of nitrogens with zero attached hydrogens (tertiary/aromatic N) is 1. The third kappa shape index (κ3) is 3.70. The molecule has 98 valence electrons. The van der Waals surface area contributed by atoms with E-state index in [-0.39, 0.29) is 0 Å². The average molecular weight is 280 g/mol. The van der Waals surface area contributed by atoms with Crippen LogP contribution in [-0.4, -0.2) is 34.5 Å². The van der Waals surface area contributed by atoms with Crippen molar-refractivity contribution in [3.8, 4) is 0 Å². The van der Waals surface area contributed by atoms with Crippen LogP contribution in [0.25, 0.3) is 0 Å². The van der Waals surface area contributed by atoms with Crippen molar-refractivity contribution in [3.05, 3.63) is 34.9 Å². The average Bonchev–Trinajstić information content (AvgIpc) is 2.60. The van der Waals surface area contributed by atoms with Gasteiger partial charge in [0.1, 0.15) is 4.99 Å². The molecule has 0 unspecified atom stereocenters. The topological polar surface area (TPSA) is 29.3 Å². The summed E-state index contributed by atoms with van der Waals surface area (Å²) >= 11 is 7.07. The Labute approximate surface area is 119 Å². The highest BCUT2D eigenvalue weighted by Gasteiger charge is 2.11. The van der Waals surface area contributed by atoms with Crippen molar-refractivity contribution in [2.75, 3.05) is 24.6 Å². The predicted octanol–water partition coefficient (Wildman–Crippen LogP) is 2.57. The monoisotopic (exact) mass is 280 g/mol. The molecule has 1 aromatic rings. The van der Waals surface area contributed by atoms with E-state index in [2.05, 4.69) is 35.7 Å². The van der Waals surface area contributed by atoms with E-state index in [1.54, 1.807) is 0 Å². The van der Waals surface area contributed by atoms with Gasteiger partial charge in [0.25, 0.3) is 0 Å². The van der Waals surface area contributed by atoms with E-state index in [0.29, 0.717) is 4.99 Å². The second-order valence-corrected chi connectivity index (χ2v) is 6.41. The smallest absolute Gasteiger partial charge is 0.103 e. The summed E-state index contributed by atoms with van der Waals surface area (Å²) in [5, 5.41) is 0. The van der Waals surface area contributed by atoms with Gasteiger partial charge in [-0.05, 0) is 42.8 Å². The molecule has 2 rings (SSSR count). The summed E-state index contributed by atoms with van der Waals surface area (Å²) in [6.45, 7) is 5.60. The van der Waals surface area contributed by atoms with Crippen molar-refractivity contribution >= 4 is 29.0 Å². The van der Waals surface area contributed by atoms with Crippen LogP contribution in [0.2, 0.25) is 0 Å². The molecule has 1 aliphatic heterocycles. The first-order valence-corrected chi connectivity index (χ1v) is 7.92. The molecule has 2 N–H and O–H groups in total. The lowest BCUT2D eigenvalue weighted by Crippen LogP contribution is -2.25. The van der Waals surface area contributed by atoms with E-state index in [1.807, 2.05) is 6.07 Å². The van der Waals surface area contributed by atoms with Crippen molar-refractivity contribution in [2.24, 2.45) is 5.73 Å². The number of thioether (sulfide) groups is 1. The number of benzene rings is 1. The van der Waals surface area contributed by atoms with Crippen LogP contribution >= 0.6 is 24.0 Å². The third-order valence-electron chi connectivity index (χ3n) is 3.34. The summed E-state index contributed by atoms with van der Waals surface area (Å²) in [6, 6.07) is 6.31. The number of aryl methyl sites for hydroxylation is 1. The largest absolute Gasteiger partial charge is 0.389 e. The molecule has 1 aromatic carbocycles. The van der Waals surface area contributed by atoms with Gasteiger partial charge in [0, 0.05) is 24.4 Å². The number of nitrogens with two attached hydrogens (primary N) is 1. The lowest BCUT2D eigenvalue weighted by Gasteiger charge is -2.20. The summed E-state index contributed by atoms with van der Waals surface area (Å²) in [4.78, 5) is 3.03. The highest BCUT2D eigenvalue weighted by atomic mass is 32.2. The number of rotatable bonds is 3. The lowest BCUT2D eigenvalue weighted by molar-refractivity contribution is 0.287. The maximum absolute atomic E-state index is 5.66. The molecule has 0 aliphatic carbocycles. The first-order chi connectivity index (χ1) is 8.66. The van der Waals surface area contributed by atoms with Crippen LogP contribution in [0.5, 0.6) is 0 Å². The van der Waals surface area contributed by atoms with Crippen LogP contribution in [0.15, 0.2) is 18.2 Å². The molecule has 1 heterocycles. The van der Waals surface area contributed by atoms with Gasteiger partial charge < -0.3 is 5.73 Å². The van der Waals surface area contributed by atoms with Crippen molar-refractivity contribution < 1.29 is 0 Å². The van der Waals surface area contributed by atoms with Gasteiger partial charge in [-0.2, -0.15) is 11.8 Å². The Balaban J connectivity index is 2.06. The fraction of sp³-hybridized carbons (Fsp3) is 0.500. The first kappa shape index (κ1) is 13.8. The third-order valence-corrected chi connectivity index (χ3v) is 4.62. The zero-order valence-electron chi connectivity index (χ0n) is 10.8. The van der Waals surface area contributed by atoms with Crippen LogP contribution in [0, 0.1) is 6.92 Å². The Morgan fingerprint density at radius 2 is 2.22 bits per heavy atom. The van der Waals surface area contributed by atoms with E-state index in [0.717, 1.165) is 12.1 Å². The molecule has 2 nitrogen and oxygen atoms in total. The molecule has 1 saturated heterocycles. The van der Waals surface area contributed by atoms with Gasteiger partial charge in [-0.1, -0.05) is 24.4 Å². The molecular formula is C14H20N2S2. The second-order valence-electron chi connectivity index (χ2n) is 4.75. The molecule has 4 heteroatoms. The molecule has 1 aliphatic rings. The zero-order chi connectivity index (χ0) is 13.0. The fourth-order valence-electron chi connectivity index (χ4n) is 2.22. The SMILES string of the molecule is Cc1cc(C(N)=S)ccc1CN1CCCSCC1. The normalized spacial score (nSPS) is 17.4.